The van der Waals surface area contributed by atoms with Crippen LogP contribution in [0.15, 0.2) is 71.5 Å². The molecule has 0 aliphatic carbocycles. The van der Waals surface area contributed by atoms with E-state index in [1.54, 1.807) is 60.7 Å². The third-order valence-electron chi connectivity index (χ3n) is 4.04. The van der Waals surface area contributed by atoms with E-state index in [-0.39, 0.29) is 11.3 Å². The lowest BCUT2D eigenvalue weighted by molar-refractivity contribution is -0.136. The minimum Gasteiger partial charge on any atom is -0.274 e. The van der Waals surface area contributed by atoms with E-state index in [1.807, 2.05) is 0 Å². The maximum Gasteiger partial charge on any atom is 0.417 e. The predicted molar refractivity (Wildman–Crippen MR) is 92.1 cm³/mol. The van der Waals surface area contributed by atoms with Crippen molar-refractivity contribution in [1.29, 1.82) is 0 Å². The molecular formula is C19H12F3N3O. The quantitative estimate of drug-likeness (QED) is 0.579. The van der Waals surface area contributed by atoms with Gasteiger partial charge in [-0.15, -0.1) is 0 Å². The molecule has 0 unspecified atom stereocenters. The Balaban J connectivity index is 2.05. The molecule has 0 aliphatic rings. The van der Waals surface area contributed by atoms with Crippen molar-refractivity contribution in [2.75, 3.05) is 0 Å². The second-order valence-electron chi connectivity index (χ2n) is 5.73. The van der Waals surface area contributed by atoms with Gasteiger partial charge >= 0.3 is 6.18 Å². The Kier molecular flexibility index (Phi) is 3.64. The average molecular weight is 355 g/mol. The van der Waals surface area contributed by atoms with Gasteiger partial charge in [-0.1, -0.05) is 48.5 Å². The van der Waals surface area contributed by atoms with Crippen LogP contribution in [0.25, 0.3) is 28.0 Å². The van der Waals surface area contributed by atoms with Crippen LogP contribution in [0.2, 0.25) is 0 Å². The Morgan fingerprint density at radius 3 is 2.15 bits per heavy atom. The Labute approximate surface area is 145 Å². The molecule has 0 amide bonds. The molecule has 1 N–H and O–H groups in total. The topological polar surface area (TPSA) is 50.7 Å². The largest absolute Gasteiger partial charge is 0.417 e. The van der Waals surface area contributed by atoms with E-state index in [2.05, 4.69) is 10.1 Å². The fraction of sp³-hybridized carbons (Fsp3) is 0.0526. The predicted octanol–water partition coefficient (Wildman–Crippen LogP) is 4.40. The summed E-state index contributed by atoms with van der Waals surface area (Å²) in [7, 11) is 0. The van der Waals surface area contributed by atoms with Crippen LogP contribution in [-0.4, -0.2) is 14.8 Å². The lowest BCUT2D eigenvalue weighted by Crippen LogP contribution is -2.17. The number of rotatable bonds is 2. The van der Waals surface area contributed by atoms with Gasteiger partial charge < -0.3 is 0 Å². The summed E-state index contributed by atoms with van der Waals surface area (Å²) in [6, 6.07) is 17.8. The summed E-state index contributed by atoms with van der Waals surface area (Å²) in [6.07, 6.45) is -4.68. The van der Waals surface area contributed by atoms with E-state index in [0.29, 0.717) is 11.3 Å². The number of pyridine rings is 1. The Hall–Kier alpha value is -3.35. The van der Waals surface area contributed by atoms with Crippen LogP contribution in [0, 0.1) is 0 Å². The number of hydrogen-bond donors (Lipinski definition) is 1. The van der Waals surface area contributed by atoms with Crippen LogP contribution in [-0.2, 0) is 6.18 Å². The summed E-state index contributed by atoms with van der Waals surface area (Å²) in [4.78, 5) is 16.9. The van der Waals surface area contributed by atoms with Crippen LogP contribution in [0.5, 0.6) is 0 Å². The van der Waals surface area contributed by atoms with Crippen molar-refractivity contribution in [3.8, 4) is 16.9 Å². The summed E-state index contributed by atoms with van der Waals surface area (Å²) < 4.78 is 41.9. The molecule has 2 aromatic heterocycles. The lowest BCUT2D eigenvalue weighted by atomic mass is 10.1. The van der Waals surface area contributed by atoms with Gasteiger partial charge in [-0.25, -0.2) is 9.67 Å². The van der Waals surface area contributed by atoms with Crippen LogP contribution in [0.3, 0.4) is 0 Å². The van der Waals surface area contributed by atoms with Gasteiger partial charge in [0.1, 0.15) is 0 Å². The van der Waals surface area contributed by atoms with Crippen LogP contribution in [0.1, 0.15) is 5.56 Å². The molecule has 0 radical (unpaired) electrons. The molecule has 4 nitrogen and oxygen atoms in total. The van der Waals surface area contributed by atoms with Gasteiger partial charge in [0.15, 0.2) is 5.65 Å². The number of halogens is 3. The van der Waals surface area contributed by atoms with Gasteiger partial charge in [0.05, 0.1) is 22.3 Å². The molecule has 0 saturated carbocycles. The smallest absolute Gasteiger partial charge is 0.274 e. The Morgan fingerprint density at radius 1 is 0.923 bits per heavy atom. The van der Waals surface area contributed by atoms with Gasteiger partial charge in [0.2, 0.25) is 0 Å². The van der Waals surface area contributed by atoms with Crippen molar-refractivity contribution < 1.29 is 13.2 Å². The summed E-state index contributed by atoms with van der Waals surface area (Å²) in [6.45, 7) is 0. The molecule has 0 spiro atoms. The van der Waals surface area contributed by atoms with Crippen LogP contribution >= 0.6 is 0 Å². The van der Waals surface area contributed by atoms with Crippen LogP contribution in [0.4, 0.5) is 13.2 Å². The molecule has 2 aromatic carbocycles. The van der Waals surface area contributed by atoms with Crippen molar-refractivity contribution in [2.24, 2.45) is 0 Å². The molecular weight excluding hydrogens is 343 g/mol. The number of hydrogen-bond acceptors (Lipinski definition) is 2. The minimum atomic E-state index is -4.68. The highest BCUT2D eigenvalue weighted by molar-refractivity contribution is 5.83. The highest BCUT2D eigenvalue weighted by Crippen LogP contribution is 2.35. The van der Waals surface area contributed by atoms with E-state index in [4.69, 9.17) is 0 Å². The van der Waals surface area contributed by atoms with Crippen molar-refractivity contribution in [1.82, 2.24) is 14.8 Å². The third kappa shape index (κ3) is 2.67. The van der Waals surface area contributed by atoms with Crippen molar-refractivity contribution in [3.63, 3.8) is 0 Å². The molecule has 0 atom stereocenters. The first-order valence-corrected chi connectivity index (χ1v) is 7.79. The molecule has 130 valence electrons. The molecule has 0 aliphatic heterocycles. The lowest BCUT2D eigenvalue weighted by Gasteiger charge is -2.09. The summed E-state index contributed by atoms with van der Waals surface area (Å²) >= 11 is 0. The molecule has 4 aromatic rings. The zero-order chi connectivity index (χ0) is 18.3. The van der Waals surface area contributed by atoms with Gasteiger partial charge in [-0.3, -0.25) is 9.89 Å². The number of para-hydroxylation sites is 1. The van der Waals surface area contributed by atoms with E-state index >= 15 is 0 Å². The summed E-state index contributed by atoms with van der Waals surface area (Å²) in [5.41, 5.74) is -0.777. The molecule has 2 heterocycles. The van der Waals surface area contributed by atoms with E-state index in [1.165, 1.54) is 0 Å². The number of alkyl halides is 3. The standard InChI is InChI=1S/C19H12F3N3O/c20-19(21,22)14-11-15(12-7-3-1-4-8-12)23-17-16(14)18(26)25(24-17)13-9-5-2-6-10-13/h1-11H,(H,23,24). The van der Waals surface area contributed by atoms with Crippen molar-refractivity contribution in [3.05, 3.63) is 82.6 Å². The normalized spacial score (nSPS) is 11.8. The number of fused-ring (bicyclic) bond motifs is 1. The number of aromatic amines is 1. The molecule has 0 saturated heterocycles. The number of nitrogens with one attached hydrogen (secondary N) is 1. The monoisotopic (exact) mass is 355 g/mol. The molecule has 0 fully saturated rings. The molecule has 26 heavy (non-hydrogen) atoms. The van der Waals surface area contributed by atoms with Gasteiger partial charge in [0, 0.05) is 5.56 Å². The zero-order valence-electron chi connectivity index (χ0n) is 13.3. The summed E-state index contributed by atoms with van der Waals surface area (Å²) in [5, 5.41) is 2.22. The van der Waals surface area contributed by atoms with Crippen molar-refractivity contribution >= 4 is 11.0 Å². The second-order valence-corrected chi connectivity index (χ2v) is 5.73. The first-order chi connectivity index (χ1) is 12.4. The number of H-pyrrole nitrogens is 1. The van der Waals surface area contributed by atoms with E-state index in [0.717, 1.165) is 10.7 Å². The second kappa shape index (κ2) is 5.87. The first-order valence-electron chi connectivity index (χ1n) is 7.79. The van der Waals surface area contributed by atoms with E-state index < -0.39 is 22.7 Å². The van der Waals surface area contributed by atoms with Crippen LogP contribution < -0.4 is 5.56 Å². The molecule has 7 heteroatoms. The van der Waals surface area contributed by atoms with Gasteiger partial charge in [-0.2, -0.15) is 13.2 Å². The summed E-state index contributed by atoms with van der Waals surface area (Å²) in [5.74, 6) is 0. The third-order valence-corrected chi connectivity index (χ3v) is 4.04. The van der Waals surface area contributed by atoms with Crippen molar-refractivity contribution in [2.45, 2.75) is 6.18 Å². The SMILES string of the molecule is O=c1c2c(C(F)(F)F)cc(-c3ccccc3)nc2[nH]n1-c1ccccc1. The molecule has 0 bridgehead atoms. The zero-order valence-corrected chi connectivity index (χ0v) is 13.3. The fourth-order valence-electron chi connectivity index (χ4n) is 2.85. The Morgan fingerprint density at radius 2 is 1.54 bits per heavy atom. The highest BCUT2D eigenvalue weighted by Gasteiger charge is 2.36. The Bertz CT molecular complexity index is 1130. The average Bonchev–Trinajstić information content (AvgIpc) is 2.98. The first kappa shape index (κ1) is 16.1. The maximum atomic E-state index is 13.6. The maximum absolute atomic E-state index is 13.6. The number of nitrogens with zero attached hydrogens (tertiary/aromatic N) is 2. The number of aromatic nitrogens is 3. The van der Waals surface area contributed by atoms with E-state index in [9.17, 15) is 18.0 Å². The highest BCUT2D eigenvalue weighted by atomic mass is 19.4. The number of benzene rings is 2. The van der Waals surface area contributed by atoms with Gasteiger partial charge in [-0.05, 0) is 18.2 Å². The minimum absolute atomic E-state index is 0.104. The fourth-order valence-corrected chi connectivity index (χ4v) is 2.85. The molecule has 4 rings (SSSR count). The van der Waals surface area contributed by atoms with Gasteiger partial charge in [0.25, 0.3) is 5.56 Å².